The number of carbonyl (C=O) groups excluding carboxylic acids is 1. The number of carbonyl (C=O) groups is 1. The van der Waals surface area contributed by atoms with E-state index in [-0.39, 0.29) is 5.91 Å². The summed E-state index contributed by atoms with van der Waals surface area (Å²) in [5.74, 6) is 0.883. The van der Waals surface area contributed by atoms with Crippen molar-refractivity contribution in [1.29, 1.82) is 0 Å². The second kappa shape index (κ2) is 9.54. The highest BCUT2D eigenvalue weighted by atomic mass is 35.5. The highest BCUT2D eigenvalue weighted by Crippen LogP contribution is 2.26. The van der Waals surface area contributed by atoms with Gasteiger partial charge < -0.3 is 14.2 Å². The van der Waals surface area contributed by atoms with Crippen LogP contribution in [0.15, 0.2) is 30.3 Å². The molecule has 2 aromatic rings. The second-order valence-corrected chi connectivity index (χ2v) is 9.01. The van der Waals surface area contributed by atoms with Gasteiger partial charge in [0.1, 0.15) is 0 Å². The molecule has 3 heterocycles. The van der Waals surface area contributed by atoms with E-state index in [9.17, 15) is 4.79 Å². The lowest BCUT2D eigenvalue weighted by molar-refractivity contribution is 0.0332. The van der Waals surface area contributed by atoms with Gasteiger partial charge in [-0.25, -0.2) is 0 Å². The molecule has 0 spiro atoms. The molecule has 2 aliphatic heterocycles. The zero-order chi connectivity index (χ0) is 21.1. The van der Waals surface area contributed by atoms with Crippen molar-refractivity contribution in [3.63, 3.8) is 0 Å². The van der Waals surface area contributed by atoms with Gasteiger partial charge in [-0.2, -0.15) is 0 Å². The lowest BCUT2D eigenvalue weighted by Gasteiger charge is -2.34. The predicted octanol–water partition coefficient (Wildman–Crippen LogP) is 4.32. The molecule has 2 fully saturated rings. The molecule has 0 unspecified atom stereocenters. The monoisotopic (exact) mass is 429 g/mol. The molecular formula is C24H32ClN3O2. The summed E-state index contributed by atoms with van der Waals surface area (Å²) in [7, 11) is 0. The molecule has 0 radical (unpaired) electrons. The molecule has 1 amide bonds. The molecule has 4 rings (SSSR count). The van der Waals surface area contributed by atoms with E-state index in [1.54, 1.807) is 0 Å². The Bertz CT molecular complexity index is 863. The van der Waals surface area contributed by atoms with Crippen LogP contribution in [0.25, 0.3) is 5.69 Å². The molecule has 1 aromatic heterocycles. The molecular weight excluding hydrogens is 398 g/mol. The summed E-state index contributed by atoms with van der Waals surface area (Å²) in [6, 6.07) is 9.79. The molecule has 1 aromatic carbocycles. The van der Waals surface area contributed by atoms with Gasteiger partial charge in [-0.1, -0.05) is 11.6 Å². The fourth-order valence-corrected chi connectivity index (χ4v) is 4.88. The van der Waals surface area contributed by atoms with Crippen LogP contribution < -0.4 is 0 Å². The van der Waals surface area contributed by atoms with Crippen LogP contribution >= 0.6 is 11.6 Å². The van der Waals surface area contributed by atoms with Crippen molar-refractivity contribution in [2.75, 3.05) is 45.9 Å². The Morgan fingerprint density at radius 3 is 2.40 bits per heavy atom. The summed E-state index contributed by atoms with van der Waals surface area (Å²) in [5, 5.41) is 0.717. The lowest BCUT2D eigenvalue weighted by Crippen LogP contribution is -2.41. The van der Waals surface area contributed by atoms with Crippen LogP contribution in [-0.4, -0.2) is 66.2 Å². The minimum Gasteiger partial charge on any atom is -0.379 e. The Morgan fingerprint density at radius 1 is 1.07 bits per heavy atom. The van der Waals surface area contributed by atoms with Crippen LogP contribution in [0, 0.1) is 19.8 Å². The van der Waals surface area contributed by atoms with Crippen LogP contribution in [-0.2, 0) is 4.74 Å². The maximum absolute atomic E-state index is 13.3. The molecule has 5 nitrogen and oxygen atoms in total. The standard InChI is InChI=1S/C24H32ClN3O2/c1-18-17-23(19(2)28(18)22-5-3-21(25)4-6-22)24(29)27-11-8-20(9-12-27)7-10-26-13-15-30-16-14-26/h3-6,17,20H,7-16H2,1-2H3. The van der Waals surface area contributed by atoms with Crippen LogP contribution in [0.4, 0.5) is 0 Å². The number of hydrogen-bond acceptors (Lipinski definition) is 3. The van der Waals surface area contributed by atoms with E-state index in [1.165, 1.54) is 6.42 Å². The Labute approximate surface area is 184 Å². The number of amides is 1. The number of benzene rings is 1. The number of morpholine rings is 1. The van der Waals surface area contributed by atoms with Crippen molar-refractivity contribution >= 4 is 17.5 Å². The van der Waals surface area contributed by atoms with E-state index < -0.39 is 0 Å². The topological polar surface area (TPSA) is 37.7 Å². The highest BCUT2D eigenvalue weighted by Gasteiger charge is 2.26. The quantitative estimate of drug-likeness (QED) is 0.710. The summed E-state index contributed by atoms with van der Waals surface area (Å²) in [6.45, 7) is 10.8. The van der Waals surface area contributed by atoms with Crippen molar-refractivity contribution < 1.29 is 9.53 Å². The number of hydrogen-bond donors (Lipinski definition) is 0. The Kier molecular flexibility index (Phi) is 6.81. The number of halogens is 1. The normalized spacial score (nSPS) is 18.7. The third kappa shape index (κ3) is 4.74. The molecule has 0 bridgehead atoms. The molecule has 0 aliphatic carbocycles. The highest BCUT2D eigenvalue weighted by molar-refractivity contribution is 6.30. The van der Waals surface area contributed by atoms with Gasteiger partial charge in [0.05, 0.1) is 18.8 Å². The number of aryl methyl sites for hydroxylation is 1. The molecule has 30 heavy (non-hydrogen) atoms. The minimum absolute atomic E-state index is 0.162. The van der Waals surface area contributed by atoms with Crippen LogP contribution in [0.2, 0.25) is 5.02 Å². The molecule has 0 N–H and O–H groups in total. The van der Waals surface area contributed by atoms with Crippen LogP contribution in [0.5, 0.6) is 0 Å². The number of nitrogens with zero attached hydrogens (tertiary/aromatic N) is 3. The van der Waals surface area contributed by atoms with E-state index >= 15 is 0 Å². The molecule has 0 atom stereocenters. The smallest absolute Gasteiger partial charge is 0.255 e. The van der Waals surface area contributed by atoms with E-state index in [1.807, 2.05) is 42.2 Å². The van der Waals surface area contributed by atoms with Gasteiger partial charge in [0.2, 0.25) is 0 Å². The van der Waals surface area contributed by atoms with Gasteiger partial charge in [-0.3, -0.25) is 9.69 Å². The Balaban J connectivity index is 1.36. The minimum atomic E-state index is 0.162. The molecule has 162 valence electrons. The predicted molar refractivity (Wildman–Crippen MR) is 121 cm³/mol. The van der Waals surface area contributed by atoms with Crippen molar-refractivity contribution in [2.24, 2.45) is 5.92 Å². The van der Waals surface area contributed by atoms with Gasteiger partial charge in [-0.15, -0.1) is 0 Å². The SMILES string of the molecule is Cc1cc(C(=O)N2CCC(CCN3CCOCC3)CC2)c(C)n1-c1ccc(Cl)cc1. The van der Waals surface area contributed by atoms with E-state index in [0.29, 0.717) is 5.02 Å². The summed E-state index contributed by atoms with van der Waals surface area (Å²) < 4.78 is 7.57. The molecule has 2 saturated heterocycles. The van der Waals surface area contributed by atoms with Gasteiger partial charge in [-0.05, 0) is 75.9 Å². The fourth-order valence-electron chi connectivity index (χ4n) is 4.75. The fraction of sp³-hybridized carbons (Fsp3) is 0.542. The molecule has 2 aliphatic rings. The van der Waals surface area contributed by atoms with Gasteiger partial charge in [0.25, 0.3) is 5.91 Å². The summed E-state index contributed by atoms with van der Waals surface area (Å²) in [6.07, 6.45) is 3.44. The largest absolute Gasteiger partial charge is 0.379 e. The second-order valence-electron chi connectivity index (χ2n) is 8.57. The van der Waals surface area contributed by atoms with E-state index in [0.717, 1.165) is 87.3 Å². The first kappa shape index (κ1) is 21.4. The van der Waals surface area contributed by atoms with Gasteiger partial charge >= 0.3 is 0 Å². The van der Waals surface area contributed by atoms with Gasteiger partial charge in [0, 0.05) is 48.3 Å². The average molecular weight is 430 g/mol. The Morgan fingerprint density at radius 2 is 1.73 bits per heavy atom. The number of rotatable bonds is 5. The average Bonchev–Trinajstić information content (AvgIpc) is 3.07. The number of ether oxygens (including phenoxy) is 1. The number of likely N-dealkylation sites (tertiary alicyclic amines) is 1. The van der Waals surface area contributed by atoms with Crippen LogP contribution in [0.1, 0.15) is 41.0 Å². The zero-order valence-electron chi connectivity index (χ0n) is 18.1. The third-order valence-electron chi connectivity index (χ3n) is 6.61. The number of aromatic nitrogens is 1. The summed E-state index contributed by atoms with van der Waals surface area (Å²) in [5.41, 5.74) is 3.91. The van der Waals surface area contributed by atoms with Crippen molar-refractivity contribution in [2.45, 2.75) is 33.1 Å². The van der Waals surface area contributed by atoms with Crippen molar-refractivity contribution in [1.82, 2.24) is 14.4 Å². The Hall–Kier alpha value is -1.82. The summed E-state index contributed by atoms with van der Waals surface area (Å²) in [4.78, 5) is 17.8. The summed E-state index contributed by atoms with van der Waals surface area (Å²) >= 11 is 6.04. The first-order valence-electron chi connectivity index (χ1n) is 11.1. The van der Waals surface area contributed by atoms with Crippen molar-refractivity contribution in [3.8, 4) is 5.69 Å². The molecule has 6 heteroatoms. The van der Waals surface area contributed by atoms with E-state index in [2.05, 4.69) is 16.4 Å². The lowest BCUT2D eigenvalue weighted by atomic mass is 9.93. The number of piperidine rings is 1. The zero-order valence-corrected chi connectivity index (χ0v) is 18.8. The molecule has 0 saturated carbocycles. The van der Waals surface area contributed by atoms with E-state index in [4.69, 9.17) is 16.3 Å². The first-order valence-corrected chi connectivity index (χ1v) is 11.4. The van der Waals surface area contributed by atoms with Crippen LogP contribution in [0.3, 0.4) is 0 Å². The first-order chi connectivity index (χ1) is 14.5. The maximum Gasteiger partial charge on any atom is 0.255 e. The van der Waals surface area contributed by atoms with Crippen molar-refractivity contribution in [3.05, 3.63) is 52.3 Å². The maximum atomic E-state index is 13.3. The third-order valence-corrected chi connectivity index (χ3v) is 6.86. The van der Waals surface area contributed by atoms with Gasteiger partial charge in [0.15, 0.2) is 0 Å².